The highest BCUT2D eigenvalue weighted by Gasteiger charge is 2.22. The molecule has 0 aliphatic rings. The Kier molecular flexibility index (Phi) is 3.86. The summed E-state index contributed by atoms with van der Waals surface area (Å²) in [5, 5.41) is 16.8. The van der Waals surface area contributed by atoms with E-state index in [1.807, 2.05) is 42.5 Å². The van der Waals surface area contributed by atoms with Gasteiger partial charge in [0.1, 0.15) is 0 Å². The van der Waals surface area contributed by atoms with E-state index >= 15 is 0 Å². The van der Waals surface area contributed by atoms with Crippen molar-refractivity contribution in [1.29, 1.82) is 0 Å². The molecule has 0 amide bonds. The molecule has 1 N–H and O–H groups in total. The van der Waals surface area contributed by atoms with Gasteiger partial charge in [0.05, 0.1) is 6.61 Å². The molecule has 0 fully saturated rings. The van der Waals surface area contributed by atoms with Crippen LogP contribution in [0.25, 0.3) is 32.3 Å². The van der Waals surface area contributed by atoms with E-state index in [0.29, 0.717) is 5.56 Å². The number of hydrogen-bond donors (Lipinski definition) is 1. The standard InChI is InChI=1S/C22H18O3/c1-2-25-22(24)21(23)20-13-19-15-8-4-3-7-14(15)11-12-18(19)16-9-5-6-10-17(16)20/h3-13,21,23H,2H2,1H3. The molecule has 3 heteroatoms. The molecule has 1 atom stereocenters. The van der Waals surface area contributed by atoms with Gasteiger partial charge in [-0.2, -0.15) is 0 Å². The lowest BCUT2D eigenvalue weighted by Gasteiger charge is -2.16. The van der Waals surface area contributed by atoms with Crippen molar-refractivity contribution in [3.63, 3.8) is 0 Å². The maximum Gasteiger partial charge on any atom is 0.339 e. The molecular formula is C22H18O3. The number of ether oxygens (including phenoxy) is 1. The van der Waals surface area contributed by atoms with Crippen molar-refractivity contribution in [2.75, 3.05) is 6.61 Å². The van der Waals surface area contributed by atoms with Crippen LogP contribution in [0.4, 0.5) is 0 Å². The number of hydrogen-bond acceptors (Lipinski definition) is 3. The number of fused-ring (bicyclic) bond motifs is 5. The highest BCUT2D eigenvalue weighted by molar-refractivity contribution is 6.18. The molecule has 4 aromatic carbocycles. The van der Waals surface area contributed by atoms with E-state index in [-0.39, 0.29) is 6.61 Å². The zero-order valence-electron chi connectivity index (χ0n) is 13.9. The number of carbonyl (C=O) groups is 1. The predicted molar refractivity (Wildman–Crippen MR) is 101 cm³/mol. The second-order valence-corrected chi connectivity index (χ2v) is 6.05. The first-order chi connectivity index (χ1) is 12.2. The zero-order chi connectivity index (χ0) is 17.4. The van der Waals surface area contributed by atoms with Crippen LogP contribution >= 0.6 is 0 Å². The predicted octanol–water partition coefficient (Wildman–Crippen LogP) is 4.74. The Bertz CT molecular complexity index is 1100. The first kappa shape index (κ1) is 15.6. The van der Waals surface area contributed by atoms with Gasteiger partial charge in [-0.05, 0) is 45.3 Å². The summed E-state index contributed by atoms with van der Waals surface area (Å²) >= 11 is 0. The maximum atomic E-state index is 12.1. The SMILES string of the molecule is CCOC(=O)C(O)c1cc2c3ccccc3ccc2c2ccccc12. The quantitative estimate of drug-likeness (QED) is 0.436. The minimum absolute atomic E-state index is 0.240. The van der Waals surface area contributed by atoms with Crippen LogP contribution in [0.3, 0.4) is 0 Å². The molecule has 124 valence electrons. The third-order valence-corrected chi connectivity index (χ3v) is 4.60. The molecule has 4 rings (SSSR count). The number of aliphatic hydroxyl groups is 1. The highest BCUT2D eigenvalue weighted by atomic mass is 16.5. The summed E-state index contributed by atoms with van der Waals surface area (Å²) in [7, 11) is 0. The number of carbonyl (C=O) groups excluding carboxylic acids is 1. The van der Waals surface area contributed by atoms with Crippen LogP contribution in [0.5, 0.6) is 0 Å². The third kappa shape index (κ3) is 2.53. The second-order valence-electron chi connectivity index (χ2n) is 6.05. The normalized spacial score (nSPS) is 12.6. The summed E-state index contributed by atoms with van der Waals surface area (Å²) in [6.07, 6.45) is -1.30. The first-order valence-electron chi connectivity index (χ1n) is 8.38. The fourth-order valence-corrected chi connectivity index (χ4v) is 3.46. The number of benzene rings is 4. The summed E-state index contributed by atoms with van der Waals surface area (Å²) < 4.78 is 5.02. The molecule has 1 unspecified atom stereocenters. The number of esters is 1. The summed E-state index contributed by atoms with van der Waals surface area (Å²) in [4.78, 5) is 12.1. The second kappa shape index (κ2) is 6.19. The minimum atomic E-state index is -1.30. The molecule has 3 nitrogen and oxygen atoms in total. The molecule has 0 heterocycles. The zero-order valence-corrected chi connectivity index (χ0v) is 13.9. The molecule has 0 saturated carbocycles. The van der Waals surface area contributed by atoms with Gasteiger partial charge in [0.25, 0.3) is 0 Å². The third-order valence-electron chi connectivity index (χ3n) is 4.60. The van der Waals surface area contributed by atoms with Crippen LogP contribution < -0.4 is 0 Å². The maximum absolute atomic E-state index is 12.1. The Balaban J connectivity index is 2.10. The molecule has 25 heavy (non-hydrogen) atoms. The van der Waals surface area contributed by atoms with E-state index in [1.54, 1.807) is 6.92 Å². The summed E-state index contributed by atoms with van der Waals surface area (Å²) in [6, 6.07) is 22.1. The molecule has 0 radical (unpaired) electrons. The fourth-order valence-electron chi connectivity index (χ4n) is 3.46. The van der Waals surface area contributed by atoms with Gasteiger partial charge in [-0.15, -0.1) is 0 Å². The Hall–Kier alpha value is -2.91. The van der Waals surface area contributed by atoms with Crippen molar-refractivity contribution < 1.29 is 14.6 Å². The smallest absolute Gasteiger partial charge is 0.339 e. The van der Waals surface area contributed by atoms with Crippen LogP contribution in [0, 0.1) is 0 Å². The fraction of sp³-hybridized carbons (Fsp3) is 0.136. The lowest BCUT2D eigenvalue weighted by molar-refractivity contribution is -0.153. The van der Waals surface area contributed by atoms with Crippen LogP contribution in [0.15, 0.2) is 66.7 Å². The summed E-state index contributed by atoms with van der Waals surface area (Å²) in [6.45, 7) is 1.97. The first-order valence-corrected chi connectivity index (χ1v) is 8.38. The molecule has 0 aromatic heterocycles. The highest BCUT2D eigenvalue weighted by Crippen LogP contribution is 2.36. The Morgan fingerprint density at radius 1 is 0.880 bits per heavy atom. The van der Waals surface area contributed by atoms with Crippen molar-refractivity contribution in [2.45, 2.75) is 13.0 Å². The van der Waals surface area contributed by atoms with E-state index in [9.17, 15) is 9.90 Å². The summed E-state index contributed by atoms with van der Waals surface area (Å²) in [5.41, 5.74) is 0.581. The molecule has 0 aliphatic carbocycles. The van der Waals surface area contributed by atoms with Gasteiger partial charge in [0, 0.05) is 5.56 Å². The van der Waals surface area contributed by atoms with Gasteiger partial charge in [-0.1, -0.05) is 60.7 Å². The number of aliphatic hydroxyl groups excluding tert-OH is 1. The van der Waals surface area contributed by atoms with Crippen molar-refractivity contribution >= 4 is 38.3 Å². The topological polar surface area (TPSA) is 46.5 Å². The van der Waals surface area contributed by atoms with Gasteiger partial charge in [-0.25, -0.2) is 4.79 Å². The van der Waals surface area contributed by atoms with E-state index in [1.165, 1.54) is 0 Å². The van der Waals surface area contributed by atoms with Crippen molar-refractivity contribution in [2.24, 2.45) is 0 Å². The summed E-state index contributed by atoms with van der Waals surface area (Å²) in [5.74, 6) is -0.618. The molecule has 0 saturated heterocycles. The average molecular weight is 330 g/mol. The van der Waals surface area contributed by atoms with Crippen molar-refractivity contribution in [3.05, 3.63) is 72.3 Å². The van der Waals surface area contributed by atoms with Crippen LogP contribution in [-0.4, -0.2) is 17.7 Å². The van der Waals surface area contributed by atoms with Crippen molar-refractivity contribution in [1.82, 2.24) is 0 Å². The lowest BCUT2D eigenvalue weighted by atomic mass is 9.92. The van der Waals surface area contributed by atoms with E-state index in [4.69, 9.17) is 4.74 Å². The van der Waals surface area contributed by atoms with E-state index < -0.39 is 12.1 Å². The van der Waals surface area contributed by atoms with E-state index in [2.05, 4.69) is 24.3 Å². The number of rotatable bonds is 3. The van der Waals surface area contributed by atoms with Gasteiger partial charge in [-0.3, -0.25) is 0 Å². The largest absolute Gasteiger partial charge is 0.464 e. The molecule has 4 aromatic rings. The minimum Gasteiger partial charge on any atom is -0.464 e. The van der Waals surface area contributed by atoms with Crippen molar-refractivity contribution in [3.8, 4) is 0 Å². The van der Waals surface area contributed by atoms with Crippen LogP contribution in [0.1, 0.15) is 18.6 Å². The van der Waals surface area contributed by atoms with Crippen LogP contribution in [-0.2, 0) is 9.53 Å². The monoisotopic (exact) mass is 330 g/mol. The van der Waals surface area contributed by atoms with Gasteiger partial charge < -0.3 is 9.84 Å². The Labute approximate surface area is 145 Å². The van der Waals surface area contributed by atoms with E-state index in [0.717, 1.165) is 32.3 Å². The lowest BCUT2D eigenvalue weighted by Crippen LogP contribution is -2.15. The van der Waals surface area contributed by atoms with Gasteiger partial charge in [0.2, 0.25) is 0 Å². The molecule has 0 spiro atoms. The van der Waals surface area contributed by atoms with Gasteiger partial charge >= 0.3 is 5.97 Å². The average Bonchev–Trinajstić information content (AvgIpc) is 2.66. The van der Waals surface area contributed by atoms with Gasteiger partial charge in [0.15, 0.2) is 6.10 Å². The Morgan fingerprint density at radius 2 is 1.52 bits per heavy atom. The Morgan fingerprint density at radius 3 is 2.28 bits per heavy atom. The molecule has 0 aliphatic heterocycles. The molecular weight excluding hydrogens is 312 g/mol. The van der Waals surface area contributed by atoms with Crippen LogP contribution in [0.2, 0.25) is 0 Å². The molecule has 0 bridgehead atoms.